The Balaban J connectivity index is 2.36. The third kappa shape index (κ3) is 4.59. The van der Waals surface area contributed by atoms with E-state index in [2.05, 4.69) is 4.74 Å². The van der Waals surface area contributed by atoms with Crippen LogP contribution < -0.4 is 9.47 Å². The summed E-state index contributed by atoms with van der Waals surface area (Å²) in [5, 5.41) is 0.419. The van der Waals surface area contributed by atoms with Gasteiger partial charge >= 0.3 is 6.61 Å². The molecule has 9 heteroatoms. The largest absolute Gasteiger partial charge is 0.496 e. The Kier molecular flexibility index (Phi) is 6.21. The van der Waals surface area contributed by atoms with Crippen LogP contribution in [0.5, 0.6) is 11.5 Å². The average molecular weight is 392 g/mol. The number of halogens is 3. The van der Waals surface area contributed by atoms with Gasteiger partial charge < -0.3 is 9.47 Å². The molecule has 0 aliphatic heterocycles. The van der Waals surface area contributed by atoms with Crippen molar-refractivity contribution in [3.05, 3.63) is 53.1 Å². The third-order valence-electron chi connectivity index (χ3n) is 3.39. The molecule has 5 nitrogen and oxygen atoms in total. The molecule has 0 aromatic heterocycles. The maximum atomic E-state index is 12.8. The molecule has 0 aliphatic rings. The van der Waals surface area contributed by atoms with Gasteiger partial charge in [-0.3, -0.25) is 0 Å². The standard InChI is InChI=1S/C16H16ClF2NO4S/c1-20(10-11-9-12(17)7-8-13(11)23-2)25(21,22)15-6-4-3-5-14(15)24-16(18)19/h3-9,16H,10H2,1-2H3. The SMILES string of the molecule is COc1ccc(Cl)cc1CN(C)S(=O)(=O)c1ccccc1OC(F)F. The van der Waals surface area contributed by atoms with Gasteiger partial charge in [-0.15, -0.1) is 0 Å². The number of alkyl halides is 2. The molecule has 0 bridgehead atoms. The van der Waals surface area contributed by atoms with Gasteiger partial charge in [-0.2, -0.15) is 13.1 Å². The summed E-state index contributed by atoms with van der Waals surface area (Å²) in [5.41, 5.74) is 0.535. The minimum absolute atomic E-state index is 0.0604. The number of methoxy groups -OCH3 is 1. The highest BCUT2D eigenvalue weighted by atomic mass is 35.5. The summed E-state index contributed by atoms with van der Waals surface area (Å²) in [6.45, 7) is -3.19. The van der Waals surface area contributed by atoms with Gasteiger partial charge in [-0.1, -0.05) is 23.7 Å². The Morgan fingerprint density at radius 3 is 2.48 bits per heavy atom. The maximum Gasteiger partial charge on any atom is 0.387 e. The molecule has 0 heterocycles. The molecule has 0 saturated heterocycles. The van der Waals surface area contributed by atoms with Crippen molar-refractivity contribution < 1.29 is 26.7 Å². The van der Waals surface area contributed by atoms with E-state index in [-0.39, 0.29) is 11.4 Å². The lowest BCUT2D eigenvalue weighted by atomic mass is 10.2. The second-order valence-corrected chi connectivity index (χ2v) is 7.49. The fourth-order valence-corrected chi connectivity index (χ4v) is 3.68. The molecule has 136 valence electrons. The predicted octanol–water partition coefficient (Wildman–Crippen LogP) is 3.77. The molecule has 25 heavy (non-hydrogen) atoms. The number of hydrogen-bond acceptors (Lipinski definition) is 4. The van der Waals surface area contributed by atoms with Gasteiger partial charge in [-0.05, 0) is 30.3 Å². The zero-order valence-electron chi connectivity index (χ0n) is 13.4. The number of nitrogens with zero attached hydrogens (tertiary/aromatic N) is 1. The first-order valence-electron chi connectivity index (χ1n) is 7.08. The number of ether oxygens (including phenoxy) is 2. The first-order valence-corrected chi connectivity index (χ1v) is 8.90. The van der Waals surface area contributed by atoms with E-state index >= 15 is 0 Å². The summed E-state index contributed by atoms with van der Waals surface area (Å²) < 4.78 is 61.0. The van der Waals surface area contributed by atoms with Crippen molar-refractivity contribution in [1.82, 2.24) is 4.31 Å². The smallest absolute Gasteiger partial charge is 0.387 e. The van der Waals surface area contributed by atoms with Gasteiger partial charge in [0.15, 0.2) is 0 Å². The second-order valence-electron chi connectivity index (χ2n) is 5.04. The first-order chi connectivity index (χ1) is 11.8. The van der Waals surface area contributed by atoms with E-state index in [4.69, 9.17) is 16.3 Å². The van der Waals surface area contributed by atoms with Crippen LogP contribution >= 0.6 is 11.6 Å². The minimum Gasteiger partial charge on any atom is -0.496 e. The highest BCUT2D eigenvalue weighted by Gasteiger charge is 2.26. The molecule has 0 atom stereocenters. The molecule has 0 amide bonds. The molecular formula is C16H16ClF2NO4S. The Bertz CT molecular complexity index is 846. The summed E-state index contributed by atoms with van der Waals surface area (Å²) in [5.74, 6) is 0.0472. The average Bonchev–Trinajstić information content (AvgIpc) is 2.54. The molecule has 2 aromatic carbocycles. The molecule has 0 saturated carbocycles. The fraction of sp³-hybridized carbons (Fsp3) is 0.250. The van der Waals surface area contributed by atoms with Gasteiger partial charge in [0.05, 0.1) is 7.11 Å². The van der Waals surface area contributed by atoms with Crippen molar-refractivity contribution in [2.45, 2.75) is 18.1 Å². The second kappa shape index (κ2) is 7.99. The minimum atomic E-state index is -4.07. The van der Waals surface area contributed by atoms with Crippen molar-refractivity contribution in [3.63, 3.8) is 0 Å². The van der Waals surface area contributed by atoms with Gasteiger partial charge in [0.2, 0.25) is 10.0 Å². The lowest BCUT2D eigenvalue weighted by molar-refractivity contribution is -0.0517. The van der Waals surface area contributed by atoms with Gasteiger partial charge in [0.25, 0.3) is 0 Å². The van der Waals surface area contributed by atoms with Gasteiger partial charge in [0.1, 0.15) is 16.4 Å². The number of benzene rings is 2. The lowest BCUT2D eigenvalue weighted by Crippen LogP contribution is -2.27. The molecule has 0 spiro atoms. The molecule has 0 aliphatic carbocycles. The Labute approximate surface area is 149 Å². The van der Waals surface area contributed by atoms with Crippen molar-refractivity contribution >= 4 is 21.6 Å². The third-order valence-corrected chi connectivity index (χ3v) is 5.47. The van der Waals surface area contributed by atoms with E-state index in [9.17, 15) is 17.2 Å². The quantitative estimate of drug-likeness (QED) is 0.721. The molecular weight excluding hydrogens is 376 g/mol. The molecule has 0 N–H and O–H groups in total. The summed E-state index contributed by atoms with van der Waals surface area (Å²) in [7, 11) is -1.30. The van der Waals surface area contributed by atoms with Crippen LogP contribution in [0.4, 0.5) is 8.78 Å². The van der Waals surface area contributed by atoms with E-state index in [1.54, 1.807) is 18.2 Å². The van der Waals surface area contributed by atoms with Crippen molar-refractivity contribution in [2.75, 3.05) is 14.2 Å². The summed E-state index contributed by atoms with van der Waals surface area (Å²) >= 11 is 5.94. The summed E-state index contributed by atoms with van der Waals surface area (Å²) in [6, 6.07) is 10.0. The monoisotopic (exact) mass is 391 g/mol. The van der Waals surface area contributed by atoms with Crippen LogP contribution in [-0.4, -0.2) is 33.5 Å². The van der Waals surface area contributed by atoms with E-state index in [1.807, 2.05) is 0 Å². The Morgan fingerprint density at radius 2 is 1.84 bits per heavy atom. The van der Waals surface area contributed by atoms with Crippen LogP contribution in [0.2, 0.25) is 5.02 Å². The van der Waals surface area contributed by atoms with Crippen LogP contribution in [0, 0.1) is 0 Å². The Hall–Kier alpha value is -1.90. The van der Waals surface area contributed by atoms with E-state index in [0.717, 1.165) is 4.31 Å². The number of sulfonamides is 1. The van der Waals surface area contributed by atoms with Crippen LogP contribution in [-0.2, 0) is 16.6 Å². The molecule has 0 radical (unpaired) electrons. The molecule has 0 fully saturated rings. The van der Waals surface area contributed by atoms with Crippen LogP contribution in [0.25, 0.3) is 0 Å². The van der Waals surface area contributed by atoms with Gasteiger partial charge in [-0.25, -0.2) is 8.42 Å². The van der Waals surface area contributed by atoms with Crippen LogP contribution in [0.15, 0.2) is 47.4 Å². The predicted molar refractivity (Wildman–Crippen MR) is 89.7 cm³/mol. The zero-order valence-corrected chi connectivity index (χ0v) is 15.0. The van der Waals surface area contributed by atoms with Crippen molar-refractivity contribution in [1.29, 1.82) is 0 Å². The summed E-state index contributed by atoms with van der Waals surface area (Å²) in [4.78, 5) is -0.348. The normalized spacial score (nSPS) is 11.8. The van der Waals surface area contributed by atoms with Crippen molar-refractivity contribution in [2.24, 2.45) is 0 Å². The number of hydrogen-bond donors (Lipinski definition) is 0. The molecule has 2 rings (SSSR count). The first kappa shape index (κ1) is 19.4. The fourth-order valence-electron chi connectivity index (χ4n) is 2.22. The number of para-hydroxylation sites is 1. The molecule has 0 unspecified atom stereocenters. The van der Waals surface area contributed by atoms with Gasteiger partial charge in [0, 0.05) is 24.2 Å². The maximum absolute atomic E-state index is 12.8. The van der Waals surface area contributed by atoms with E-state index in [0.29, 0.717) is 16.3 Å². The topological polar surface area (TPSA) is 55.8 Å². The lowest BCUT2D eigenvalue weighted by Gasteiger charge is -2.20. The Morgan fingerprint density at radius 1 is 1.16 bits per heavy atom. The van der Waals surface area contributed by atoms with Crippen LogP contribution in [0.1, 0.15) is 5.56 Å². The van der Waals surface area contributed by atoms with Crippen molar-refractivity contribution in [3.8, 4) is 11.5 Å². The number of rotatable bonds is 7. The van der Waals surface area contributed by atoms with E-state index in [1.165, 1.54) is 38.4 Å². The highest BCUT2D eigenvalue weighted by molar-refractivity contribution is 7.89. The van der Waals surface area contributed by atoms with Crippen LogP contribution in [0.3, 0.4) is 0 Å². The van der Waals surface area contributed by atoms with E-state index < -0.39 is 22.4 Å². The molecule has 2 aromatic rings. The zero-order chi connectivity index (χ0) is 18.6. The summed E-state index contributed by atoms with van der Waals surface area (Å²) in [6.07, 6.45) is 0. The highest BCUT2D eigenvalue weighted by Crippen LogP contribution is 2.30.